The number of benzene rings is 1. The molecule has 0 bridgehead atoms. The molecule has 10 heteroatoms. The second-order valence-corrected chi connectivity index (χ2v) is 10.4. The standard InChI is InChI=1S/C28H36F2N8/c1-5-37-10-8-18(9-11-37)25(31)19-6-7-24(32-14-19)35-28-33-15-22(30)26(36-28)20-12-21(29)27-23(13-20)38(16(2)3)17(4)34-27/h6-7,12-16,18,25-26H,5,8-11,31H2,1-4H3,(H2,32,33,35,36). The lowest BCUT2D eigenvalue weighted by Crippen LogP contribution is -2.37. The van der Waals surface area contributed by atoms with Crippen molar-refractivity contribution in [2.24, 2.45) is 16.6 Å². The first-order valence-corrected chi connectivity index (χ1v) is 13.3. The van der Waals surface area contributed by atoms with Gasteiger partial charge >= 0.3 is 0 Å². The van der Waals surface area contributed by atoms with E-state index in [1.54, 1.807) is 12.3 Å². The lowest BCUT2D eigenvalue weighted by atomic mass is 9.86. The number of piperidine rings is 1. The van der Waals surface area contributed by atoms with Gasteiger partial charge in [0.15, 0.2) is 5.82 Å². The number of nitrogens with zero attached hydrogens (tertiary/aromatic N) is 5. The number of hydrogen-bond acceptors (Lipinski definition) is 7. The predicted octanol–water partition coefficient (Wildman–Crippen LogP) is 5.11. The van der Waals surface area contributed by atoms with Gasteiger partial charge in [-0.3, -0.25) is 0 Å². The topological polar surface area (TPSA) is 96.4 Å². The number of aryl methyl sites for hydroxylation is 1. The highest BCUT2D eigenvalue weighted by Gasteiger charge is 2.26. The molecule has 0 saturated carbocycles. The maximum Gasteiger partial charge on any atom is 0.202 e. The van der Waals surface area contributed by atoms with Crippen molar-refractivity contribution in [2.45, 2.75) is 58.7 Å². The maximum absolute atomic E-state index is 15.0. The molecule has 38 heavy (non-hydrogen) atoms. The molecule has 4 N–H and O–H groups in total. The van der Waals surface area contributed by atoms with E-state index < -0.39 is 17.7 Å². The van der Waals surface area contributed by atoms with Crippen LogP contribution in [-0.2, 0) is 0 Å². The number of rotatable bonds is 6. The van der Waals surface area contributed by atoms with Crippen LogP contribution >= 0.6 is 0 Å². The van der Waals surface area contributed by atoms with E-state index in [9.17, 15) is 8.78 Å². The quantitative estimate of drug-likeness (QED) is 0.416. The van der Waals surface area contributed by atoms with Crippen LogP contribution in [0.15, 0.2) is 47.5 Å². The number of guanidine groups is 1. The molecule has 3 aromatic rings. The number of hydrogen-bond donors (Lipinski definition) is 3. The zero-order valence-corrected chi connectivity index (χ0v) is 22.4. The third-order valence-corrected chi connectivity index (χ3v) is 7.65. The SMILES string of the molecule is CCN1CCC(C(N)c2ccc(NC3=NC(c4cc(F)c5nc(C)n(C(C)C)c5c4)C(F)=CN3)nc2)CC1. The number of nitrogens with one attached hydrogen (secondary N) is 2. The van der Waals surface area contributed by atoms with Crippen molar-refractivity contribution < 1.29 is 8.78 Å². The first-order chi connectivity index (χ1) is 18.2. The van der Waals surface area contributed by atoms with Crippen molar-refractivity contribution in [1.82, 2.24) is 24.8 Å². The van der Waals surface area contributed by atoms with Crippen molar-refractivity contribution in [3.05, 3.63) is 65.3 Å². The molecule has 1 aromatic carbocycles. The van der Waals surface area contributed by atoms with Crippen molar-refractivity contribution in [1.29, 1.82) is 0 Å². The van der Waals surface area contributed by atoms with Gasteiger partial charge in [0.1, 0.15) is 29.0 Å². The molecule has 4 heterocycles. The number of anilines is 1. The van der Waals surface area contributed by atoms with E-state index in [4.69, 9.17) is 5.73 Å². The number of aromatic nitrogens is 3. The van der Waals surface area contributed by atoms with Crippen molar-refractivity contribution >= 4 is 22.8 Å². The number of nitrogens with two attached hydrogens (primary N) is 1. The molecule has 0 spiro atoms. The van der Waals surface area contributed by atoms with E-state index in [0.29, 0.717) is 34.6 Å². The van der Waals surface area contributed by atoms with Gasteiger partial charge in [-0.05, 0) is 88.5 Å². The summed E-state index contributed by atoms with van der Waals surface area (Å²) < 4.78 is 31.8. The van der Waals surface area contributed by atoms with Crippen LogP contribution in [0.3, 0.4) is 0 Å². The average Bonchev–Trinajstić information content (AvgIpc) is 3.26. The van der Waals surface area contributed by atoms with Gasteiger partial charge in [-0.25, -0.2) is 23.7 Å². The van der Waals surface area contributed by atoms with Gasteiger partial charge in [-0.2, -0.15) is 0 Å². The minimum absolute atomic E-state index is 0.0603. The lowest BCUT2D eigenvalue weighted by Gasteiger charge is -2.34. The third kappa shape index (κ3) is 5.15. The monoisotopic (exact) mass is 522 g/mol. The lowest BCUT2D eigenvalue weighted by molar-refractivity contribution is 0.176. The van der Waals surface area contributed by atoms with Crippen LogP contribution < -0.4 is 16.4 Å². The molecule has 5 rings (SSSR count). The molecule has 2 aliphatic rings. The Morgan fingerprint density at radius 3 is 2.61 bits per heavy atom. The van der Waals surface area contributed by atoms with E-state index in [-0.39, 0.29) is 17.6 Å². The molecule has 2 atom stereocenters. The molecule has 8 nitrogen and oxygen atoms in total. The first-order valence-electron chi connectivity index (χ1n) is 13.3. The summed E-state index contributed by atoms with van der Waals surface area (Å²) >= 11 is 0. The smallest absolute Gasteiger partial charge is 0.202 e. The Balaban J connectivity index is 1.33. The molecule has 2 aromatic heterocycles. The van der Waals surface area contributed by atoms with Crippen LogP contribution in [0.5, 0.6) is 0 Å². The highest BCUT2D eigenvalue weighted by molar-refractivity contribution is 5.94. The van der Waals surface area contributed by atoms with Crippen LogP contribution in [0.2, 0.25) is 0 Å². The Labute approximate surface area is 222 Å². The third-order valence-electron chi connectivity index (χ3n) is 7.65. The van der Waals surface area contributed by atoms with Crippen molar-refractivity contribution in [3.63, 3.8) is 0 Å². The number of aliphatic imine (C=N–C) groups is 1. The van der Waals surface area contributed by atoms with Gasteiger partial charge in [0.2, 0.25) is 5.96 Å². The highest BCUT2D eigenvalue weighted by Crippen LogP contribution is 2.34. The fraction of sp³-hybridized carbons (Fsp3) is 0.464. The minimum atomic E-state index is -0.991. The second kappa shape index (κ2) is 10.8. The summed E-state index contributed by atoms with van der Waals surface area (Å²) in [7, 11) is 0. The molecule has 0 amide bonds. The number of imidazole rings is 1. The van der Waals surface area contributed by atoms with Crippen LogP contribution in [0, 0.1) is 18.7 Å². The Morgan fingerprint density at radius 2 is 1.95 bits per heavy atom. The molecule has 2 unspecified atom stereocenters. The summed E-state index contributed by atoms with van der Waals surface area (Å²) in [6.45, 7) is 11.3. The molecule has 1 fully saturated rings. The highest BCUT2D eigenvalue weighted by atomic mass is 19.1. The van der Waals surface area contributed by atoms with Crippen LogP contribution in [0.1, 0.15) is 68.7 Å². The summed E-state index contributed by atoms with van der Waals surface area (Å²) in [5.74, 6) is 1.01. The van der Waals surface area contributed by atoms with E-state index in [1.165, 1.54) is 12.3 Å². The zero-order chi connectivity index (χ0) is 27.0. The molecular formula is C28H36F2N8. The molecule has 1 saturated heterocycles. The van der Waals surface area contributed by atoms with Gasteiger partial charge in [0.25, 0.3) is 0 Å². The Morgan fingerprint density at radius 1 is 1.18 bits per heavy atom. The van der Waals surface area contributed by atoms with E-state index in [2.05, 4.69) is 37.4 Å². The average molecular weight is 523 g/mol. The van der Waals surface area contributed by atoms with Gasteiger partial charge < -0.3 is 25.8 Å². The van der Waals surface area contributed by atoms with Gasteiger partial charge in [0, 0.05) is 24.5 Å². The summed E-state index contributed by atoms with van der Waals surface area (Å²) in [4.78, 5) is 15.8. The molecule has 0 aliphatic carbocycles. The molecule has 2 aliphatic heterocycles. The summed E-state index contributed by atoms with van der Waals surface area (Å²) in [6.07, 6.45) is 5.19. The molecule has 0 radical (unpaired) electrons. The van der Waals surface area contributed by atoms with Crippen molar-refractivity contribution in [2.75, 3.05) is 25.0 Å². The van der Waals surface area contributed by atoms with E-state index in [1.807, 2.05) is 37.5 Å². The van der Waals surface area contributed by atoms with E-state index >= 15 is 0 Å². The Kier molecular flexibility index (Phi) is 7.45. The minimum Gasteiger partial charge on any atom is -0.330 e. The number of likely N-dealkylation sites (tertiary alicyclic amines) is 1. The largest absolute Gasteiger partial charge is 0.330 e. The summed E-state index contributed by atoms with van der Waals surface area (Å²) in [6, 6.07) is 5.92. The predicted molar refractivity (Wildman–Crippen MR) is 147 cm³/mol. The van der Waals surface area contributed by atoms with Crippen molar-refractivity contribution in [3.8, 4) is 0 Å². The number of pyridine rings is 1. The number of fused-ring (bicyclic) bond motifs is 1. The maximum atomic E-state index is 15.0. The Hall–Kier alpha value is -3.37. The Bertz CT molecular complexity index is 1350. The molecular weight excluding hydrogens is 486 g/mol. The second-order valence-electron chi connectivity index (χ2n) is 10.4. The summed E-state index contributed by atoms with van der Waals surface area (Å²) in [5, 5.41) is 5.93. The normalized spacial score (nSPS) is 19.8. The number of halogens is 2. The molecule has 202 valence electrons. The van der Waals surface area contributed by atoms with Crippen LogP contribution in [0.25, 0.3) is 11.0 Å². The van der Waals surface area contributed by atoms with Gasteiger partial charge in [-0.15, -0.1) is 0 Å². The summed E-state index contributed by atoms with van der Waals surface area (Å²) in [5.41, 5.74) is 8.88. The fourth-order valence-corrected chi connectivity index (χ4v) is 5.54. The van der Waals surface area contributed by atoms with Gasteiger partial charge in [0.05, 0.1) is 5.52 Å². The van der Waals surface area contributed by atoms with Crippen LogP contribution in [-0.4, -0.2) is 45.0 Å². The van der Waals surface area contributed by atoms with E-state index in [0.717, 1.165) is 38.0 Å². The van der Waals surface area contributed by atoms with Gasteiger partial charge in [-0.1, -0.05) is 13.0 Å². The van der Waals surface area contributed by atoms with Crippen LogP contribution in [0.4, 0.5) is 14.6 Å². The fourth-order valence-electron chi connectivity index (χ4n) is 5.54. The first kappa shape index (κ1) is 26.2. The zero-order valence-electron chi connectivity index (χ0n) is 22.4.